The van der Waals surface area contributed by atoms with Gasteiger partial charge < -0.3 is 65.9 Å². The van der Waals surface area contributed by atoms with Crippen molar-refractivity contribution in [1.82, 2.24) is 39.5 Å². The molecule has 4 atom stereocenters. The zero-order chi connectivity index (χ0) is 88.3. The van der Waals surface area contributed by atoms with Gasteiger partial charge in [0, 0.05) is 99.4 Å². The summed E-state index contributed by atoms with van der Waals surface area (Å²) in [5.74, 6) is -25.4. The lowest BCUT2D eigenvalue weighted by molar-refractivity contribution is -0.150. The molecule has 3 saturated carbocycles. The summed E-state index contributed by atoms with van der Waals surface area (Å²) in [4.78, 5) is 99.9. The zero-order valence-electron chi connectivity index (χ0n) is 68.7. The van der Waals surface area contributed by atoms with Crippen molar-refractivity contribution in [2.45, 2.75) is 206 Å². The SMILES string of the molecule is CCC(C)(C)NC(=O)C(F)(F)c1c(C)c(C(=O)Nc2ccc(F)c(C)c2)cn1C.Cc1cc(NC(=O)c2cc(C(F)(F)C(=O)N[C@@H]3CCCC[C@H]3C)n(C)c2)ccc1F.Cc1cc(NC(=O)c2ccn(C)c2C(F)(F)C(=O)NC2CCC(O)CC2)ccc1F.Cc1cc(NC(=O)c2ccn(C)c2C(F)(F)C(=O)N[C@@H]2CCCC[C@H]2C)ccc1F. The number of hydrogen-bond donors (Lipinski definition) is 9. The molecular weight excluding hydrogens is 1570 g/mol. The highest BCUT2D eigenvalue weighted by Gasteiger charge is 2.51. The van der Waals surface area contributed by atoms with Crippen molar-refractivity contribution in [1.29, 1.82) is 0 Å². The molecule has 8 amide bonds. The maximum absolute atomic E-state index is 15.1. The first-order valence-electron chi connectivity index (χ1n) is 39.0. The van der Waals surface area contributed by atoms with E-state index in [0.29, 0.717) is 78.6 Å². The third kappa shape index (κ3) is 22.8. The lowest BCUT2D eigenvalue weighted by Gasteiger charge is -2.31. The molecule has 21 nitrogen and oxygen atoms in total. The van der Waals surface area contributed by atoms with Crippen LogP contribution in [0.25, 0.3) is 0 Å². The van der Waals surface area contributed by atoms with E-state index in [1.165, 1.54) is 159 Å². The van der Waals surface area contributed by atoms with Gasteiger partial charge in [0.05, 0.1) is 34.1 Å². The summed E-state index contributed by atoms with van der Waals surface area (Å²) in [5.41, 5.74) is -1.48. The van der Waals surface area contributed by atoms with Crippen LogP contribution in [0.1, 0.15) is 210 Å². The van der Waals surface area contributed by atoms with Crippen LogP contribution < -0.4 is 42.5 Å². The van der Waals surface area contributed by atoms with Gasteiger partial charge in [-0.05, 0) is 237 Å². The van der Waals surface area contributed by atoms with E-state index in [2.05, 4.69) is 42.5 Å². The Morgan fingerprint density at radius 3 is 1.14 bits per heavy atom. The monoisotopic (exact) mass is 1670 g/mol. The number of rotatable bonds is 21. The fourth-order valence-electron chi connectivity index (χ4n) is 14.3. The predicted molar refractivity (Wildman–Crippen MR) is 426 cm³/mol. The number of hydrogen-bond acceptors (Lipinski definition) is 9. The van der Waals surface area contributed by atoms with Gasteiger partial charge in [0.1, 0.15) is 40.4 Å². The minimum absolute atomic E-state index is 0.00158. The summed E-state index contributed by atoms with van der Waals surface area (Å²) in [6.45, 7) is 16.5. The quantitative estimate of drug-likeness (QED) is 0.0309. The number of benzene rings is 4. The summed E-state index contributed by atoms with van der Waals surface area (Å²) in [6.07, 6.45) is 13.7. The maximum Gasteiger partial charge on any atom is 0.364 e. The van der Waals surface area contributed by atoms with E-state index in [1.54, 1.807) is 34.6 Å². The van der Waals surface area contributed by atoms with Gasteiger partial charge in [0.25, 0.3) is 47.3 Å². The highest BCUT2D eigenvalue weighted by atomic mass is 19.3. The number of aliphatic hydroxyl groups excluding tert-OH is 1. The molecule has 8 aromatic rings. The molecule has 3 aliphatic rings. The highest BCUT2D eigenvalue weighted by molar-refractivity contribution is 6.08. The number of aryl methyl sites for hydroxylation is 8. The minimum atomic E-state index is -3.94. The van der Waals surface area contributed by atoms with Gasteiger partial charge in [-0.2, -0.15) is 35.1 Å². The van der Waals surface area contributed by atoms with E-state index in [9.17, 15) is 78.6 Å². The van der Waals surface area contributed by atoms with Crippen molar-refractivity contribution in [2.75, 3.05) is 21.3 Å². The molecule has 4 heterocycles. The number of carbonyl (C=O) groups excluding carboxylic acids is 8. The van der Waals surface area contributed by atoms with Crippen LogP contribution in [0.5, 0.6) is 0 Å². The summed E-state index contributed by atoms with van der Waals surface area (Å²) in [5, 5.41) is 29.3. The number of nitrogens with zero attached hydrogens (tertiary/aromatic N) is 4. The first-order valence-corrected chi connectivity index (χ1v) is 39.0. The third-order valence-corrected chi connectivity index (χ3v) is 21.8. The molecule has 0 aliphatic heterocycles. The average molecular weight is 1680 g/mol. The Bertz CT molecular complexity index is 5040. The standard InChI is InChI=1S/2C22H26F3N3O2.C21H24F3N3O3.C21H26F3N3O2/c1-13-6-4-5-7-18(13)27-21(30)22(24,25)19-11-15(12-28(19)3)20(29)26-16-8-9-17(23)14(2)10-16;1-13-6-4-5-7-18(13)27-21(30)22(24,25)19-16(10-11-28(19)3)20(29)26-15-8-9-17(23)14(2)12-15;1-12-11-14(5-8-17(12)22)25-19(29)16-9-10-27(2)18(16)21(23,24)20(30)26-13-3-6-15(28)7-4-13;1-7-20(4,5)26-19(29)21(23,24)17-13(3)15(11-27(17)6)18(28)25-14-8-9-16(22)12(2)10-14/h2*8-13,18H,4-7H2,1-3H3,(H,26,29)(H,27,30);5,8-11,13,15,28H,3-4,6-7H2,1-2H3,(H,25,29)(H,26,30);8-11H,7H2,1-6H3,(H,25,28)(H,26,29)/t2*13-,18-;;/m11../s1. The van der Waals surface area contributed by atoms with E-state index in [0.717, 1.165) is 62.9 Å². The molecule has 4 aromatic carbocycles. The van der Waals surface area contributed by atoms with Crippen LogP contribution in [0.2, 0.25) is 0 Å². The molecule has 0 spiro atoms. The van der Waals surface area contributed by atoms with Crippen LogP contribution in [0.15, 0.2) is 116 Å². The number of carbonyl (C=O) groups is 8. The fourth-order valence-corrected chi connectivity index (χ4v) is 14.3. The first-order chi connectivity index (χ1) is 55.6. The van der Waals surface area contributed by atoms with Gasteiger partial charge in [-0.15, -0.1) is 0 Å². The molecule has 3 fully saturated rings. The van der Waals surface area contributed by atoms with E-state index >= 15 is 17.6 Å². The van der Waals surface area contributed by atoms with Gasteiger partial charge >= 0.3 is 23.7 Å². The van der Waals surface area contributed by atoms with Gasteiger partial charge in [-0.3, -0.25) is 38.4 Å². The Morgan fingerprint density at radius 2 is 0.765 bits per heavy atom. The molecule has 644 valence electrons. The molecule has 33 heteroatoms. The van der Waals surface area contributed by atoms with Crippen LogP contribution in [-0.4, -0.2) is 100 Å². The van der Waals surface area contributed by atoms with E-state index in [-0.39, 0.29) is 63.1 Å². The topological polar surface area (TPSA) is 273 Å². The van der Waals surface area contributed by atoms with Gasteiger partial charge in [0.15, 0.2) is 0 Å². The number of halogens is 12. The second-order valence-electron chi connectivity index (χ2n) is 31.6. The molecule has 4 aromatic heterocycles. The van der Waals surface area contributed by atoms with Gasteiger partial charge in [0.2, 0.25) is 0 Å². The fraction of sp³-hybridized carbons (Fsp3) is 0.442. The second-order valence-corrected chi connectivity index (χ2v) is 31.6. The number of aromatic nitrogens is 4. The highest BCUT2D eigenvalue weighted by Crippen LogP contribution is 2.39. The Morgan fingerprint density at radius 1 is 0.412 bits per heavy atom. The van der Waals surface area contributed by atoms with Crippen LogP contribution in [0.3, 0.4) is 0 Å². The Labute approximate surface area is 682 Å². The molecule has 11 rings (SSSR count). The summed E-state index contributed by atoms with van der Waals surface area (Å²) in [7, 11) is 5.40. The molecule has 119 heavy (non-hydrogen) atoms. The zero-order valence-corrected chi connectivity index (χ0v) is 68.7. The largest absolute Gasteiger partial charge is 0.393 e. The van der Waals surface area contributed by atoms with E-state index < -0.39 is 135 Å². The van der Waals surface area contributed by atoms with Crippen molar-refractivity contribution in [3.05, 3.63) is 212 Å². The lowest BCUT2D eigenvalue weighted by Crippen LogP contribution is -2.49. The van der Waals surface area contributed by atoms with Crippen molar-refractivity contribution in [3.63, 3.8) is 0 Å². The second kappa shape index (κ2) is 38.7. The van der Waals surface area contributed by atoms with Gasteiger partial charge in [-0.1, -0.05) is 46.5 Å². The van der Waals surface area contributed by atoms with Crippen molar-refractivity contribution in [3.8, 4) is 0 Å². The average Bonchev–Trinajstić information content (AvgIpc) is 1.64. The van der Waals surface area contributed by atoms with Crippen LogP contribution in [0, 0.1) is 69.7 Å². The molecular formula is C86H102F12N12O9. The number of anilines is 4. The minimum Gasteiger partial charge on any atom is -0.393 e. The Balaban J connectivity index is 0.000000198. The maximum atomic E-state index is 15.1. The number of nitrogens with one attached hydrogen (secondary N) is 8. The first kappa shape index (κ1) is 93.4. The van der Waals surface area contributed by atoms with Crippen LogP contribution >= 0.6 is 0 Å². The summed E-state index contributed by atoms with van der Waals surface area (Å²) in [6, 6.07) is 18.3. The lowest BCUT2D eigenvalue weighted by atomic mass is 9.86. The molecule has 0 saturated heterocycles. The third-order valence-electron chi connectivity index (χ3n) is 21.8. The molecule has 3 aliphatic carbocycles. The Hall–Kier alpha value is -11.1. The Kier molecular flexibility index (Phi) is 30.4. The molecule has 0 unspecified atom stereocenters. The molecule has 0 radical (unpaired) electrons. The van der Waals surface area contributed by atoms with Crippen molar-refractivity contribution >= 4 is 70.0 Å². The summed E-state index contributed by atoms with van der Waals surface area (Å²) < 4.78 is 178. The van der Waals surface area contributed by atoms with Gasteiger partial charge in [-0.25, -0.2) is 17.6 Å². The number of alkyl halides is 8. The van der Waals surface area contributed by atoms with Crippen LogP contribution in [-0.2, 0) is 71.1 Å². The van der Waals surface area contributed by atoms with E-state index in [4.69, 9.17) is 0 Å². The van der Waals surface area contributed by atoms with E-state index in [1.807, 2.05) is 13.8 Å². The summed E-state index contributed by atoms with van der Waals surface area (Å²) >= 11 is 0. The molecule has 0 bridgehead atoms. The van der Waals surface area contributed by atoms with Crippen LogP contribution in [0.4, 0.5) is 75.4 Å². The van der Waals surface area contributed by atoms with Crippen molar-refractivity contribution < 1.29 is 96.1 Å². The number of aliphatic hydroxyl groups is 1. The molecule has 9 N–H and O–H groups in total. The predicted octanol–water partition coefficient (Wildman–Crippen LogP) is 16.7. The van der Waals surface area contributed by atoms with Crippen molar-refractivity contribution in [2.24, 2.45) is 40.0 Å². The number of amides is 8. The normalized spacial score (nSPS) is 17.6. The smallest absolute Gasteiger partial charge is 0.364 e.